The average Bonchev–Trinajstić information content (AvgIpc) is 2.84. The molecule has 2 amide bonds. The second-order valence-corrected chi connectivity index (χ2v) is 7.95. The number of benzene rings is 2. The molecule has 0 spiro atoms. The van der Waals surface area contributed by atoms with Gasteiger partial charge in [-0.1, -0.05) is 19.3 Å². The summed E-state index contributed by atoms with van der Waals surface area (Å²) in [7, 11) is 3.20. The van der Waals surface area contributed by atoms with Gasteiger partial charge in [-0.3, -0.25) is 19.7 Å². The van der Waals surface area contributed by atoms with Crippen LogP contribution in [-0.4, -0.2) is 48.4 Å². The fraction of sp³-hybridized carbons (Fsp3) is 0.417. The van der Waals surface area contributed by atoms with E-state index in [4.69, 9.17) is 9.47 Å². The number of carbonyl (C=O) groups excluding carboxylic acids is 2. The normalized spacial score (nSPS) is 13.8. The van der Waals surface area contributed by atoms with E-state index in [0.717, 1.165) is 25.7 Å². The largest absolute Gasteiger partial charge is 0.493 e. The van der Waals surface area contributed by atoms with Crippen LogP contribution in [-0.2, 0) is 0 Å². The molecular formula is C24H29N3O6. The van der Waals surface area contributed by atoms with E-state index >= 15 is 0 Å². The molecular weight excluding hydrogens is 426 g/mol. The van der Waals surface area contributed by atoms with Gasteiger partial charge in [0.25, 0.3) is 17.5 Å². The molecule has 9 heteroatoms. The number of anilines is 1. The number of nitro benzene ring substituents is 1. The fourth-order valence-electron chi connectivity index (χ4n) is 4.04. The van der Waals surface area contributed by atoms with Gasteiger partial charge in [-0.15, -0.1) is 0 Å². The third-order valence-corrected chi connectivity index (χ3v) is 5.86. The Kier molecular flexibility index (Phi) is 7.87. The summed E-state index contributed by atoms with van der Waals surface area (Å²) in [6.07, 6.45) is 5.51. The Hall–Kier alpha value is -3.62. The Morgan fingerprint density at radius 3 is 2.36 bits per heavy atom. The van der Waals surface area contributed by atoms with Gasteiger partial charge >= 0.3 is 0 Å². The van der Waals surface area contributed by atoms with Crippen LogP contribution in [0.2, 0.25) is 0 Å². The molecule has 1 fully saturated rings. The van der Waals surface area contributed by atoms with Gasteiger partial charge < -0.3 is 19.7 Å². The number of rotatable bonds is 8. The number of carbonyl (C=O) groups is 2. The molecule has 0 aromatic heterocycles. The van der Waals surface area contributed by atoms with E-state index in [0.29, 0.717) is 17.9 Å². The van der Waals surface area contributed by atoms with Crippen molar-refractivity contribution in [3.63, 3.8) is 0 Å². The molecule has 1 saturated carbocycles. The average molecular weight is 456 g/mol. The highest BCUT2D eigenvalue weighted by atomic mass is 16.6. The number of methoxy groups -OCH3 is 1. The third-order valence-electron chi connectivity index (χ3n) is 5.86. The zero-order valence-electron chi connectivity index (χ0n) is 19.1. The van der Waals surface area contributed by atoms with Crippen molar-refractivity contribution in [1.29, 1.82) is 0 Å². The van der Waals surface area contributed by atoms with Gasteiger partial charge in [0.15, 0.2) is 11.5 Å². The lowest BCUT2D eigenvalue weighted by Gasteiger charge is -2.31. The molecule has 1 aliphatic rings. The van der Waals surface area contributed by atoms with E-state index < -0.39 is 16.5 Å². The Balaban J connectivity index is 1.77. The van der Waals surface area contributed by atoms with E-state index in [1.807, 2.05) is 7.05 Å². The molecule has 0 radical (unpaired) electrons. The maximum absolute atomic E-state index is 12.8. The number of nitrogens with one attached hydrogen (secondary N) is 1. The lowest BCUT2D eigenvalue weighted by Crippen LogP contribution is -2.38. The predicted octanol–water partition coefficient (Wildman–Crippen LogP) is 4.66. The number of amides is 2. The molecule has 0 unspecified atom stereocenters. The quantitative estimate of drug-likeness (QED) is 0.458. The summed E-state index contributed by atoms with van der Waals surface area (Å²) in [4.78, 5) is 38.3. The van der Waals surface area contributed by atoms with E-state index in [1.54, 1.807) is 36.1 Å². The number of ether oxygens (including phenoxy) is 2. The van der Waals surface area contributed by atoms with E-state index in [9.17, 15) is 19.7 Å². The van der Waals surface area contributed by atoms with Crippen molar-refractivity contribution in [2.45, 2.75) is 45.1 Å². The van der Waals surface area contributed by atoms with Crippen molar-refractivity contribution in [3.05, 3.63) is 57.6 Å². The van der Waals surface area contributed by atoms with Crippen LogP contribution in [0.5, 0.6) is 11.5 Å². The van der Waals surface area contributed by atoms with Gasteiger partial charge in [-0.25, -0.2) is 0 Å². The molecule has 1 N–H and O–H groups in total. The smallest absolute Gasteiger partial charge is 0.286 e. The van der Waals surface area contributed by atoms with Crippen molar-refractivity contribution in [2.24, 2.45) is 0 Å². The molecule has 0 bridgehead atoms. The number of nitrogens with zero attached hydrogens (tertiary/aromatic N) is 2. The van der Waals surface area contributed by atoms with Crippen LogP contribution in [0, 0.1) is 10.1 Å². The summed E-state index contributed by atoms with van der Waals surface area (Å²) in [5.41, 5.74) is 0.394. The van der Waals surface area contributed by atoms with E-state index in [2.05, 4.69) is 5.32 Å². The van der Waals surface area contributed by atoms with Crippen LogP contribution in [0.4, 0.5) is 11.4 Å². The standard InChI is InChI=1S/C24H29N3O6/c1-4-33-22-14-19(20(27(30)31)15-21(22)32-3)23(28)25-17-12-10-16(11-13-17)24(29)26(2)18-8-6-5-7-9-18/h10-15,18H,4-9H2,1-3H3,(H,25,28). The number of hydrogen-bond donors (Lipinski definition) is 1. The molecule has 2 aromatic carbocycles. The van der Waals surface area contributed by atoms with E-state index in [1.165, 1.54) is 25.7 Å². The van der Waals surface area contributed by atoms with Gasteiger partial charge in [0.2, 0.25) is 0 Å². The Morgan fingerprint density at radius 1 is 1.12 bits per heavy atom. The summed E-state index contributed by atoms with van der Waals surface area (Å²) >= 11 is 0. The molecule has 176 valence electrons. The molecule has 0 atom stereocenters. The van der Waals surface area contributed by atoms with Gasteiger partial charge in [-0.05, 0) is 44.0 Å². The second-order valence-electron chi connectivity index (χ2n) is 7.95. The first-order valence-electron chi connectivity index (χ1n) is 11.0. The van der Waals surface area contributed by atoms with Gasteiger partial charge in [0, 0.05) is 30.4 Å². The second kappa shape index (κ2) is 10.8. The van der Waals surface area contributed by atoms with Crippen molar-refractivity contribution in [1.82, 2.24) is 4.90 Å². The summed E-state index contributed by atoms with van der Waals surface area (Å²) in [5, 5.41) is 14.2. The summed E-state index contributed by atoms with van der Waals surface area (Å²) in [6.45, 7) is 2.06. The topological polar surface area (TPSA) is 111 Å². The minimum absolute atomic E-state index is 0.0630. The highest BCUT2D eigenvalue weighted by molar-refractivity contribution is 6.07. The van der Waals surface area contributed by atoms with E-state index in [-0.39, 0.29) is 29.0 Å². The maximum atomic E-state index is 12.8. The first-order chi connectivity index (χ1) is 15.8. The molecule has 2 aromatic rings. The monoisotopic (exact) mass is 455 g/mol. The summed E-state index contributed by atoms with van der Waals surface area (Å²) in [5.74, 6) is -0.317. The van der Waals surface area contributed by atoms with Crippen LogP contribution in [0.3, 0.4) is 0 Å². The van der Waals surface area contributed by atoms with Crippen molar-refractivity contribution in [3.8, 4) is 11.5 Å². The van der Waals surface area contributed by atoms with Crippen molar-refractivity contribution < 1.29 is 24.0 Å². The van der Waals surface area contributed by atoms with Crippen LogP contribution in [0.1, 0.15) is 59.7 Å². The van der Waals surface area contributed by atoms with Crippen LogP contribution < -0.4 is 14.8 Å². The Labute approximate surface area is 192 Å². The molecule has 0 aliphatic heterocycles. The molecule has 33 heavy (non-hydrogen) atoms. The SMILES string of the molecule is CCOc1cc(C(=O)Nc2ccc(C(=O)N(C)C3CCCCC3)cc2)c([N+](=O)[O-])cc1OC. The Morgan fingerprint density at radius 2 is 1.79 bits per heavy atom. The number of hydrogen-bond acceptors (Lipinski definition) is 6. The Bertz CT molecular complexity index is 1020. The van der Waals surface area contributed by atoms with Crippen LogP contribution in [0.25, 0.3) is 0 Å². The third kappa shape index (κ3) is 5.60. The highest BCUT2D eigenvalue weighted by Crippen LogP contribution is 2.35. The predicted molar refractivity (Wildman–Crippen MR) is 124 cm³/mol. The zero-order chi connectivity index (χ0) is 24.0. The van der Waals surface area contributed by atoms with Crippen molar-refractivity contribution >= 4 is 23.2 Å². The van der Waals surface area contributed by atoms with Gasteiger partial charge in [0.1, 0.15) is 5.56 Å². The summed E-state index contributed by atoms with van der Waals surface area (Å²) in [6, 6.07) is 9.23. The first kappa shape index (κ1) is 24.0. The lowest BCUT2D eigenvalue weighted by atomic mass is 9.94. The zero-order valence-corrected chi connectivity index (χ0v) is 19.1. The first-order valence-corrected chi connectivity index (χ1v) is 11.0. The minimum atomic E-state index is -0.663. The van der Waals surface area contributed by atoms with Crippen molar-refractivity contribution in [2.75, 3.05) is 26.1 Å². The summed E-state index contributed by atoms with van der Waals surface area (Å²) < 4.78 is 10.6. The highest BCUT2D eigenvalue weighted by Gasteiger charge is 2.26. The molecule has 1 aliphatic carbocycles. The fourth-order valence-corrected chi connectivity index (χ4v) is 4.04. The maximum Gasteiger partial charge on any atom is 0.286 e. The van der Waals surface area contributed by atoms with Gasteiger partial charge in [-0.2, -0.15) is 0 Å². The van der Waals surface area contributed by atoms with Crippen LogP contribution in [0.15, 0.2) is 36.4 Å². The molecule has 3 rings (SSSR count). The molecule has 9 nitrogen and oxygen atoms in total. The molecule has 0 saturated heterocycles. The lowest BCUT2D eigenvalue weighted by molar-refractivity contribution is -0.385. The number of nitro groups is 1. The van der Waals surface area contributed by atoms with Crippen LogP contribution >= 0.6 is 0 Å². The molecule has 0 heterocycles. The minimum Gasteiger partial charge on any atom is -0.493 e. The van der Waals surface area contributed by atoms with Gasteiger partial charge in [0.05, 0.1) is 24.7 Å².